The van der Waals surface area contributed by atoms with Crippen LogP contribution in [0.15, 0.2) is 54.6 Å². The second-order valence-electron chi connectivity index (χ2n) is 3.82. The predicted molar refractivity (Wildman–Crippen MR) is 71.3 cm³/mol. The molecule has 0 bridgehead atoms. The molecular formula is C14H14ClNO. The highest BCUT2D eigenvalue weighted by Gasteiger charge is 2.07. The average Bonchev–Trinajstić information content (AvgIpc) is 2.37. The Hall–Kier alpha value is -1.51. The lowest BCUT2D eigenvalue weighted by molar-refractivity contribution is 0.191. The van der Waals surface area contributed by atoms with Gasteiger partial charge in [0.1, 0.15) is 0 Å². The molecule has 3 heteroatoms. The summed E-state index contributed by atoms with van der Waals surface area (Å²) in [6.45, 7) is 0.463. The molecule has 0 amide bonds. The van der Waals surface area contributed by atoms with Crippen LogP contribution in [0.4, 0.5) is 5.69 Å². The van der Waals surface area contributed by atoms with Crippen molar-refractivity contribution in [1.82, 2.24) is 0 Å². The van der Waals surface area contributed by atoms with Crippen LogP contribution in [-0.4, -0.2) is 11.7 Å². The number of hydrogen-bond donors (Lipinski definition) is 2. The average molecular weight is 248 g/mol. The molecule has 0 spiro atoms. The molecule has 2 rings (SSSR count). The fourth-order valence-electron chi connectivity index (χ4n) is 1.60. The molecule has 2 aromatic carbocycles. The third-order valence-corrected chi connectivity index (χ3v) is 2.74. The fourth-order valence-corrected chi connectivity index (χ4v) is 1.80. The number of anilines is 1. The molecule has 0 aliphatic rings. The van der Waals surface area contributed by atoms with Gasteiger partial charge in [0.15, 0.2) is 0 Å². The minimum Gasteiger partial charge on any atom is -0.387 e. The van der Waals surface area contributed by atoms with Crippen molar-refractivity contribution in [1.29, 1.82) is 0 Å². The van der Waals surface area contributed by atoms with Gasteiger partial charge in [0.2, 0.25) is 0 Å². The number of rotatable bonds is 4. The third-order valence-electron chi connectivity index (χ3n) is 2.51. The predicted octanol–water partition coefficient (Wildman–Crippen LogP) is 3.49. The zero-order chi connectivity index (χ0) is 12.1. The number of halogens is 1. The Balaban J connectivity index is 1.96. The van der Waals surface area contributed by atoms with E-state index in [4.69, 9.17) is 11.6 Å². The molecule has 0 aromatic heterocycles. The van der Waals surface area contributed by atoms with E-state index >= 15 is 0 Å². The quantitative estimate of drug-likeness (QED) is 0.867. The first kappa shape index (κ1) is 12.0. The van der Waals surface area contributed by atoms with Gasteiger partial charge in [-0.2, -0.15) is 0 Å². The van der Waals surface area contributed by atoms with Crippen LogP contribution >= 0.6 is 11.6 Å². The Labute approximate surface area is 106 Å². The second kappa shape index (κ2) is 5.71. The molecule has 2 aromatic rings. The summed E-state index contributed by atoms with van der Waals surface area (Å²) in [5, 5.41) is 13.8. The van der Waals surface area contributed by atoms with Crippen LogP contribution in [0.2, 0.25) is 5.02 Å². The second-order valence-corrected chi connectivity index (χ2v) is 4.25. The van der Waals surface area contributed by atoms with Gasteiger partial charge < -0.3 is 10.4 Å². The Bertz CT molecular complexity index is 473. The Morgan fingerprint density at radius 1 is 1.06 bits per heavy atom. The first-order chi connectivity index (χ1) is 8.25. The monoisotopic (exact) mass is 247 g/mol. The zero-order valence-electron chi connectivity index (χ0n) is 9.31. The van der Waals surface area contributed by atoms with Crippen molar-refractivity contribution < 1.29 is 5.11 Å². The van der Waals surface area contributed by atoms with Gasteiger partial charge in [-0.25, -0.2) is 0 Å². The van der Waals surface area contributed by atoms with E-state index in [1.165, 1.54) is 0 Å². The van der Waals surface area contributed by atoms with Crippen molar-refractivity contribution in [2.24, 2.45) is 0 Å². The van der Waals surface area contributed by atoms with E-state index in [-0.39, 0.29) is 0 Å². The number of para-hydroxylation sites is 1. The largest absolute Gasteiger partial charge is 0.387 e. The maximum absolute atomic E-state index is 9.99. The van der Waals surface area contributed by atoms with Gasteiger partial charge in [0.25, 0.3) is 0 Å². The minimum absolute atomic E-state index is 0.463. The molecule has 0 fully saturated rings. The molecule has 1 unspecified atom stereocenters. The zero-order valence-corrected chi connectivity index (χ0v) is 10.1. The van der Waals surface area contributed by atoms with E-state index < -0.39 is 6.10 Å². The van der Waals surface area contributed by atoms with Crippen LogP contribution in [0.3, 0.4) is 0 Å². The van der Waals surface area contributed by atoms with Crippen molar-refractivity contribution in [3.63, 3.8) is 0 Å². The van der Waals surface area contributed by atoms with Crippen LogP contribution in [0.25, 0.3) is 0 Å². The minimum atomic E-state index is -0.561. The van der Waals surface area contributed by atoms with Crippen molar-refractivity contribution in [3.05, 3.63) is 65.2 Å². The highest BCUT2D eigenvalue weighted by Crippen LogP contribution is 2.18. The summed E-state index contributed by atoms with van der Waals surface area (Å²) < 4.78 is 0. The van der Waals surface area contributed by atoms with Crippen molar-refractivity contribution >= 4 is 17.3 Å². The summed E-state index contributed by atoms with van der Waals surface area (Å²) in [4.78, 5) is 0. The van der Waals surface area contributed by atoms with E-state index in [9.17, 15) is 5.11 Å². The SMILES string of the molecule is OC(CNc1ccccc1)c1cccc(Cl)c1. The summed E-state index contributed by atoms with van der Waals surface area (Å²) in [6, 6.07) is 17.1. The van der Waals surface area contributed by atoms with Crippen LogP contribution in [0, 0.1) is 0 Å². The van der Waals surface area contributed by atoms with Crippen LogP contribution in [0.1, 0.15) is 11.7 Å². The molecule has 0 heterocycles. The number of aliphatic hydroxyl groups is 1. The molecule has 0 saturated carbocycles. The molecule has 1 atom stereocenters. The molecule has 0 aliphatic heterocycles. The molecule has 88 valence electrons. The molecule has 0 saturated heterocycles. The van der Waals surface area contributed by atoms with E-state index in [1.807, 2.05) is 42.5 Å². The first-order valence-corrected chi connectivity index (χ1v) is 5.86. The van der Waals surface area contributed by atoms with Gasteiger partial charge in [-0.3, -0.25) is 0 Å². The smallest absolute Gasteiger partial charge is 0.0962 e. The van der Waals surface area contributed by atoms with E-state index in [2.05, 4.69) is 5.32 Å². The summed E-state index contributed by atoms with van der Waals surface area (Å²) in [5.74, 6) is 0. The van der Waals surface area contributed by atoms with E-state index in [0.717, 1.165) is 11.3 Å². The van der Waals surface area contributed by atoms with Gasteiger partial charge in [-0.05, 0) is 29.8 Å². The molecule has 0 aliphatic carbocycles. The van der Waals surface area contributed by atoms with E-state index in [1.54, 1.807) is 12.1 Å². The van der Waals surface area contributed by atoms with Crippen LogP contribution in [-0.2, 0) is 0 Å². The lowest BCUT2D eigenvalue weighted by Crippen LogP contribution is -2.11. The summed E-state index contributed by atoms with van der Waals surface area (Å²) in [5.41, 5.74) is 1.81. The topological polar surface area (TPSA) is 32.3 Å². The molecule has 2 nitrogen and oxygen atoms in total. The number of aliphatic hydroxyl groups excluding tert-OH is 1. The van der Waals surface area contributed by atoms with Crippen molar-refractivity contribution in [3.8, 4) is 0 Å². The van der Waals surface area contributed by atoms with Crippen LogP contribution < -0.4 is 5.32 Å². The lowest BCUT2D eigenvalue weighted by Gasteiger charge is -2.13. The molecule has 2 N–H and O–H groups in total. The standard InChI is InChI=1S/C14H14ClNO/c15-12-6-4-5-11(9-12)14(17)10-16-13-7-2-1-3-8-13/h1-9,14,16-17H,10H2. The highest BCUT2D eigenvalue weighted by molar-refractivity contribution is 6.30. The number of benzene rings is 2. The van der Waals surface area contributed by atoms with Crippen molar-refractivity contribution in [2.75, 3.05) is 11.9 Å². The van der Waals surface area contributed by atoms with E-state index in [0.29, 0.717) is 11.6 Å². The molecule has 17 heavy (non-hydrogen) atoms. The normalized spacial score (nSPS) is 12.1. The maximum Gasteiger partial charge on any atom is 0.0962 e. The van der Waals surface area contributed by atoms with Gasteiger partial charge in [0, 0.05) is 17.3 Å². The third kappa shape index (κ3) is 3.48. The summed E-state index contributed by atoms with van der Waals surface area (Å²) in [6.07, 6.45) is -0.561. The molecule has 0 radical (unpaired) electrons. The van der Waals surface area contributed by atoms with Gasteiger partial charge >= 0.3 is 0 Å². The Kier molecular flexibility index (Phi) is 4.02. The summed E-state index contributed by atoms with van der Waals surface area (Å²) >= 11 is 5.87. The number of hydrogen-bond acceptors (Lipinski definition) is 2. The van der Waals surface area contributed by atoms with Crippen molar-refractivity contribution in [2.45, 2.75) is 6.10 Å². The first-order valence-electron chi connectivity index (χ1n) is 5.48. The molecular weight excluding hydrogens is 234 g/mol. The Morgan fingerprint density at radius 2 is 1.82 bits per heavy atom. The highest BCUT2D eigenvalue weighted by atomic mass is 35.5. The Morgan fingerprint density at radius 3 is 2.53 bits per heavy atom. The number of nitrogens with one attached hydrogen (secondary N) is 1. The lowest BCUT2D eigenvalue weighted by atomic mass is 10.1. The van der Waals surface area contributed by atoms with Gasteiger partial charge in [0.05, 0.1) is 6.10 Å². The van der Waals surface area contributed by atoms with Gasteiger partial charge in [-0.1, -0.05) is 41.9 Å². The summed E-state index contributed by atoms with van der Waals surface area (Å²) in [7, 11) is 0. The maximum atomic E-state index is 9.99. The van der Waals surface area contributed by atoms with Crippen LogP contribution in [0.5, 0.6) is 0 Å². The fraction of sp³-hybridized carbons (Fsp3) is 0.143. The van der Waals surface area contributed by atoms with Gasteiger partial charge in [-0.15, -0.1) is 0 Å².